The molecule has 1 saturated heterocycles. The third-order valence-corrected chi connectivity index (χ3v) is 4.82. The van der Waals surface area contributed by atoms with Crippen LogP contribution in [0.25, 0.3) is 0 Å². The Hall–Kier alpha value is -1.59. The Labute approximate surface area is 143 Å². The summed E-state index contributed by atoms with van der Waals surface area (Å²) in [6.07, 6.45) is 3.77. The zero-order valence-corrected chi connectivity index (χ0v) is 14.2. The van der Waals surface area contributed by atoms with Crippen molar-refractivity contribution in [2.75, 3.05) is 18.0 Å². The van der Waals surface area contributed by atoms with E-state index >= 15 is 0 Å². The van der Waals surface area contributed by atoms with Gasteiger partial charge < -0.3 is 16.0 Å². The normalized spacial score (nSPS) is 19.9. The van der Waals surface area contributed by atoms with Gasteiger partial charge in [0.2, 0.25) is 5.91 Å². The maximum absolute atomic E-state index is 12.4. The van der Waals surface area contributed by atoms with Gasteiger partial charge in [-0.25, -0.2) is 0 Å². The molecule has 0 aromatic heterocycles. The summed E-state index contributed by atoms with van der Waals surface area (Å²) in [5.41, 5.74) is 6.99. The van der Waals surface area contributed by atoms with E-state index in [1.165, 1.54) is 0 Å². The molecular formula is C17H24ClN3O2. The molecule has 0 bridgehead atoms. The molecule has 3 N–H and O–H groups in total. The fourth-order valence-corrected chi connectivity index (χ4v) is 3.09. The molecule has 1 aliphatic carbocycles. The molecule has 1 aromatic rings. The van der Waals surface area contributed by atoms with Gasteiger partial charge in [-0.2, -0.15) is 0 Å². The summed E-state index contributed by atoms with van der Waals surface area (Å²) in [5.74, 6) is 0.545. The van der Waals surface area contributed by atoms with E-state index in [-0.39, 0.29) is 29.8 Å². The third kappa shape index (κ3) is 3.67. The highest BCUT2D eigenvalue weighted by Gasteiger charge is 2.41. The highest BCUT2D eigenvalue weighted by molar-refractivity contribution is 5.97. The number of hydrogen-bond acceptors (Lipinski definition) is 3. The molecule has 2 amide bonds. The Morgan fingerprint density at radius 1 is 1.35 bits per heavy atom. The van der Waals surface area contributed by atoms with Gasteiger partial charge in [-0.3, -0.25) is 9.59 Å². The summed E-state index contributed by atoms with van der Waals surface area (Å²) in [6.45, 7) is 3.22. The number of benzene rings is 1. The lowest BCUT2D eigenvalue weighted by molar-refractivity contribution is -0.117. The highest BCUT2D eigenvalue weighted by atomic mass is 35.5. The highest BCUT2D eigenvalue weighted by Crippen LogP contribution is 2.39. The van der Waals surface area contributed by atoms with Crippen molar-refractivity contribution < 1.29 is 9.59 Å². The second kappa shape index (κ2) is 6.89. The predicted octanol–water partition coefficient (Wildman–Crippen LogP) is 2.09. The number of carbonyl (C=O) groups is 2. The van der Waals surface area contributed by atoms with Gasteiger partial charge in [-0.1, -0.05) is 0 Å². The minimum absolute atomic E-state index is 0. The molecule has 1 aromatic carbocycles. The van der Waals surface area contributed by atoms with Gasteiger partial charge in [0.05, 0.1) is 5.54 Å². The van der Waals surface area contributed by atoms with Gasteiger partial charge in [0.15, 0.2) is 0 Å². The van der Waals surface area contributed by atoms with Crippen LogP contribution in [0.15, 0.2) is 24.3 Å². The van der Waals surface area contributed by atoms with Crippen LogP contribution >= 0.6 is 12.4 Å². The van der Waals surface area contributed by atoms with Crippen LogP contribution in [-0.4, -0.2) is 30.4 Å². The number of nitrogens with two attached hydrogens (primary N) is 1. The number of anilines is 1. The first-order chi connectivity index (χ1) is 10.5. The topological polar surface area (TPSA) is 75.4 Å². The van der Waals surface area contributed by atoms with Crippen LogP contribution in [0.2, 0.25) is 0 Å². The van der Waals surface area contributed by atoms with Crippen LogP contribution in [0, 0.1) is 5.92 Å². The van der Waals surface area contributed by atoms with Crippen molar-refractivity contribution in [3.8, 4) is 0 Å². The van der Waals surface area contributed by atoms with Crippen LogP contribution in [-0.2, 0) is 4.79 Å². The monoisotopic (exact) mass is 337 g/mol. The van der Waals surface area contributed by atoms with E-state index in [2.05, 4.69) is 5.32 Å². The Kier molecular flexibility index (Phi) is 5.32. The van der Waals surface area contributed by atoms with Crippen LogP contribution in [0.3, 0.4) is 0 Å². The second-order valence-corrected chi connectivity index (χ2v) is 6.55. The average Bonchev–Trinajstić information content (AvgIpc) is 3.30. The van der Waals surface area contributed by atoms with E-state index in [0.717, 1.165) is 31.5 Å². The maximum atomic E-state index is 12.4. The summed E-state index contributed by atoms with van der Waals surface area (Å²) in [5, 5.41) is 3.07. The molecule has 2 fully saturated rings. The third-order valence-electron chi connectivity index (χ3n) is 4.82. The number of hydrogen-bond donors (Lipinski definition) is 2. The van der Waals surface area contributed by atoms with Gasteiger partial charge >= 0.3 is 0 Å². The van der Waals surface area contributed by atoms with Crippen molar-refractivity contribution in [1.82, 2.24) is 5.32 Å². The van der Waals surface area contributed by atoms with E-state index < -0.39 is 0 Å². The molecule has 6 heteroatoms. The van der Waals surface area contributed by atoms with Gasteiger partial charge in [0.25, 0.3) is 5.91 Å². The minimum Gasteiger partial charge on any atom is -0.345 e. The molecule has 0 radical (unpaired) electrons. The summed E-state index contributed by atoms with van der Waals surface area (Å²) in [7, 11) is 0. The van der Waals surface area contributed by atoms with Crippen LogP contribution < -0.4 is 16.0 Å². The molecule has 3 rings (SSSR count). The molecule has 1 atom stereocenters. The number of nitrogens with zero attached hydrogens (tertiary/aromatic N) is 1. The largest absolute Gasteiger partial charge is 0.345 e. The standard InChI is InChI=1S/C17H23N3O2.ClH/c1-17(11-18,13-6-7-13)19-16(22)12-4-8-14(9-5-12)20-10-2-3-15(20)21;/h4-5,8-9,13H,2-3,6-7,10-11,18H2,1H3,(H,19,22);1H. The lowest BCUT2D eigenvalue weighted by atomic mass is 9.95. The average molecular weight is 338 g/mol. The van der Waals surface area contributed by atoms with Crippen molar-refractivity contribution in [3.05, 3.63) is 29.8 Å². The predicted molar refractivity (Wildman–Crippen MR) is 92.9 cm³/mol. The van der Waals surface area contributed by atoms with Gasteiger partial charge in [0.1, 0.15) is 0 Å². The quantitative estimate of drug-likeness (QED) is 0.863. The second-order valence-electron chi connectivity index (χ2n) is 6.55. The molecule has 0 spiro atoms. The summed E-state index contributed by atoms with van der Waals surface area (Å²) >= 11 is 0. The zero-order valence-electron chi connectivity index (χ0n) is 13.4. The van der Waals surface area contributed by atoms with E-state index in [4.69, 9.17) is 5.73 Å². The molecule has 2 aliphatic rings. The van der Waals surface area contributed by atoms with E-state index in [1.807, 2.05) is 19.1 Å². The van der Waals surface area contributed by atoms with Gasteiger partial charge in [-0.15, -0.1) is 12.4 Å². The van der Waals surface area contributed by atoms with Crippen LogP contribution in [0.1, 0.15) is 43.0 Å². The first-order valence-corrected chi connectivity index (χ1v) is 7.96. The molecule has 5 nitrogen and oxygen atoms in total. The number of halogens is 1. The number of rotatable bonds is 5. The smallest absolute Gasteiger partial charge is 0.251 e. The fraction of sp³-hybridized carbons (Fsp3) is 0.529. The first kappa shape index (κ1) is 17.8. The van der Waals surface area contributed by atoms with E-state index in [0.29, 0.717) is 24.4 Å². The maximum Gasteiger partial charge on any atom is 0.251 e. The van der Waals surface area contributed by atoms with E-state index in [1.54, 1.807) is 17.0 Å². The Morgan fingerprint density at radius 3 is 2.48 bits per heavy atom. The Morgan fingerprint density at radius 2 is 2.00 bits per heavy atom. The molecule has 23 heavy (non-hydrogen) atoms. The van der Waals surface area contributed by atoms with Crippen molar-refractivity contribution in [2.24, 2.45) is 11.7 Å². The van der Waals surface area contributed by atoms with Crippen molar-refractivity contribution in [2.45, 2.75) is 38.1 Å². The Balaban J connectivity index is 0.00000192. The summed E-state index contributed by atoms with van der Waals surface area (Å²) < 4.78 is 0. The molecule has 1 heterocycles. The molecule has 1 saturated carbocycles. The van der Waals surface area contributed by atoms with Crippen LogP contribution in [0.4, 0.5) is 5.69 Å². The minimum atomic E-state index is -0.319. The first-order valence-electron chi connectivity index (χ1n) is 7.96. The molecule has 126 valence electrons. The van der Waals surface area contributed by atoms with Crippen LogP contribution in [0.5, 0.6) is 0 Å². The molecule has 1 unspecified atom stereocenters. The van der Waals surface area contributed by atoms with E-state index in [9.17, 15) is 9.59 Å². The molecule has 1 aliphatic heterocycles. The summed E-state index contributed by atoms with van der Waals surface area (Å²) in [6, 6.07) is 7.24. The SMILES string of the molecule is CC(CN)(NC(=O)c1ccc(N2CCCC2=O)cc1)C1CC1.Cl. The zero-order chi connectivity index (χ0) is 15.7. The lowest BCUT2D eigenvalue weighted by Crippen LogP contribution is -2.53. The van der Waals surface area contributed by atoms with Crippen molar-refractivity contribution in [3.63, 3.8) is 0 Å². The van der Waals surface area contributed by atoms with Gasteiger partial charge in [-0.05, 0) is 56.4 Å². The van der Waals surface area contributed by atoms with Gasteiger partial charge in [0, 0.05) is 30.8 Å². The fourth-order valence-electron chi connectivity index (χ4n) is 3.09. The summed E-state index contributed by atoms with van der Waals surface area (Å²) in [4.78, 5) is 25.9. The van der Waals surface area contributed by atoms with Crippen molar-refractivity contribution in [1.29, 1.82) is 0 Å². The van der Waals surface area contributed by atoms with Crippen molar-refractivity contribution >= 4 is 29.9 Å². The molecular weight excluding hydrogens is 314 g/mol. The Bertz CT molecular complexity index is 586. The lowest BCUT2D eigenvalue weighted by Gasteiger charge is -2.29. The number of nitrogens with one attached hydrogen (secondary N) is 1. The number of amides is 2. The number of carbonyl (C=O) groups excluding carboxylic acids is 2.